The molecular weight excluding hydrogens is 542 g/mol. The van der Waals surface area contributed by atoms with E-state index in [1.807, 2.05) is 26.8 Å². The lowest BCUT2D eigenvalue weighted by Crippen LogP contribution is -2.76. The van der Waals surface area contributed by atoms with Crippen LogP contribution in [-0.4, -0.2) is 66.3 Å². The molecule has 1 amide bonds. The molecule has 2 heterocycles. The van der Waals surface area contributed by atoms with E-state index in [4.69, 9.17) is 4.74 Å². The number of hydrogen-bond acceptors (Lipinski definition) is 7. The van der Waals surface area contributed by atoms with Gasteiger partial charge >= 0.3 is 0 Å². The number of likely N-dealkylation sites (tertiary alicyclic amines) is 1. The molecule has 1 saturated heterocycles. The third kappa shape index (κ3) is 3.87. The van der Waals surface area contributed by atoms with Crippen molar-refractivity contribution in [3.8, 4) is 11.5 Å². The number of rotatable bonds is 7. The smallest absolute Gasteiger partial charge is 0.261 e. The van der Waals surface area contributed by atoms with Gasteiger partial charge in [0.2, 0.25) is 5.91 Å². The fraction of sp³-hybridized carbons (Fsp3) is 0.516. The summed E-state index contributed by atoms with van der Waals surface area (Å²) in [6, 6.07) is 9.54. The number of ether oxygens (including phenoxy) is 1. The van der Waals surface area contributed by atoms with Gasteiger partial charge in [-0.05, 0) is 82.7 Å². The number of nitrogens with zero attached hydrogens (tertiary/aromatic N) is 1. The monoisotopic (exact) mass is 579 g/mol. The van der Waals surface area contributed by atoms with Gasteiger partial charge in [0.15, 0.2) is 17.6 Å². The summed E-state index contributed by atoms with van der Waals surface area (Å²) in [6.45, 7) is 7.16. The number of aliphatic hydroxyl groups is 1. The largest absolute Gasteiger partial charge is 0.504 e. The summed E-state index contributed by atoms with van der Waals surface area (Å²) in [7, 11) is -4.11. The van der Waals surface area contributed by atoms with Crippen molar-refractivity contribution < 1.29 is 28.2 Å². The molecule has 41 heavy (non-hydrogen) atoms. The Kier molecular flexibility index (Phi) is 5.85. The maximum atomic E-state index is 13.8. The molecular formula is C31H37N3O6S. The van der Waals surface area contributed by atoms with Crippen LogP contribution in [0.1, 0.15) is 56.2 Å². The first-order valence-corrected chi connectivity index (χ1v) is 16.0. The zero-order valence-electron chi connectivity index (χ0n) is 23.6. The van der Waals surface area contributed by atoms with E-state index >= 15 is 0 Å². The number of amides is 1. The average Bonchev–Trinajstić information content (AvgIpc) is 3.65. The number of phenols is 1. The molecule has 10 heteroatoms. The fourth-order valence-corrected chi connectivity index (χ4v) is 8.91. The summed E-state index contributed by atoms with van der Waals surface area (Å²) in [5.74, 6) is 0.395. The van der Waals surface area contributed by atoms with Crippen molar-refractivity contribution in [3.63, 3.8) is 0 Å². The van der Waals surface area contributed by atoms with E-state index in [2.05, 4.69) is 14.9 Å². The van der Waals surface area contributed by atoms with Crippen molar-refractivity contribution in [1.82, 2.24) is 14.9 Å². The lowest BCUT2D eigenvalue weighted by atomic mass is 9.49. The number of sulfonamides is 1. The van der Waals surface area contributed by atoms with Crippen LogP contribution in [0.2, 0.25) is 0 Å². The Morgan fingerprint density at radius 3 is 2.59 bits per heavy atom. The first kappa shape index (κ1) is 26.8. The minimum atomic E-state index is -4.11. The predicted octanol–water partition coefficient (Wildman–Crippen LogP) is 2.63. The second kappa shape index (κ2) is 8.96. The van der Waals surface area contributed by atoms with Gasteiger partial charge in [-0.15, -0.1) is 0 Å². The highest BCUT2D eigenvalue weighted by Crippen LogP contribution is 2.66. The van der Waals surface area contributed by atoms with Crippen molar-refractivity contribution in [2.24, 2.45) is 5.92 Å². The van der Waals surface area contributed by atoms with E-state index in [-0.39, 0.29) is 46.2 Å². The van der Waals surface area contributed by atoms with Crippen LogP contribution in [0.15, 0.2) is 52.6 Å². The number of carbonyl (C=O) groups excluding carboxylic acids is 1. The van der Waals surface area contributed by atoms with Gasteiger partial charge in [-0.2, -0.15) is 0 Å². The number of aromatic hydroxyl groups is 1. The predicted molar refractivity (Wildman–Crippen MR) is 152 cm³/mol. The van der Waals surface area contributed by atoms with E-state index in [1.165, 1.54) is 25.0 Å². The van der Waals surface area contributed by atoms with Crippen LogP contribution in [0.25, 0.3) is 0 Å². The van der Waals surface area contributed by atoms with E-state index < -0.39 is 33.1 Å². The van der Waals surface area contributed by atoms with Crippen molar-refractivity contribution in [2.75, 3.05) is 13.1 Å². The molecule has 7 rings (SSSR count). The third-order valence-electron chi connectivity index (χ3n) is 9.82. The maximum absolute atomic E-state index is 13.8. The van der Waals surface area contributed by atoms with Crippen LogP contribution in [0, 0.1) is 12.8 Å². The van der Waals surface area contributed by atoms with Crippen molar-refractivity contribution in [2.45, 2.75) is 87.0 Å². The average molecular weight is 580 g/mol. The SMILES string of the molecule is Cc1ccc(S(=O)(=O)NC2=C(C(=O)NC(C)C)C[C@@]3(O)[C@H]4Cc5ccc(O)c6c5[C@@]3(CCN4CC3CC3)[C@H]2O6)cc1. The van der Waals surface area contributed by atoms with Gasteiger partial charge in [-0.1, -0.05) is 23.8 Å². The number of aryl methyl sites for hydroxylation is 1. The quantitative estimate of drug-likeness (QED) is 0.397. The molecule has 4 atom stereocenters. The minimum absolute atomic E-state index is 0.0302. The minimum Gasteiger partial charge on any atom is -0.504 e. The topological polar surface area (TPSA) is 128 Å². The summed E-state index contributed by atoms with van der Waals surface area (Å²) < 4.78 is 36.8. The van der Waals surface area contributed by atoms with E-state index in [1.54, 1.807) is 18.2 Å². The van der Waals surface area contributed by atoms with Crippen LogP contribution >= 0.6 is 0 Å². The van der Waals surface area contributed by atoms with E-state index in [9.17, 15) is 23.4 Å². The molecule has 3 aliphatic carbocycles. The summed E-state index contributed by atoms with van der Waals surface area (Å²) in [5, 5.41) is 26.8. The van der Waals surface area contributed by atoms with Crippen LogP contribution in [0.5, 0.6) is 11.5 Å². The second-order valence-corrected chi connectivity index (χ2v) is 14.5. The lowest BCUT2D eigenvalue weighted by molar-refractivity contribution is -0.168. The third-order valence-corrected chi connectivity index (χ3v) is 11.2. The molecule has 2 aliphatic heterocycles. The molecule has 1 saturated carbocycles. The highest BCUT2D eigenvalue weighted by Gasteiger charge is 2.73. The van der Waals surface area contributed by atoms with Crippen molar-refractivity contribution in [1.29, 1.82) is 0 Å². The Hall–Kier alpha value is -3.08. The Balaban J connectivity index is 1.43. The second-order valence-electron chi connectivity index (χ2n) is 12.9. The number of hydrogen-bond donors (Lipinski definition) is 4. The molecule has 2 fully saturated rings. The zero-order valence-corrected chi connectivity index (χ0v) is 24.4. The van der Waals surface area contributed by atoms with Gasteiger partial charge < -0.3 is 20.3 Å². The van der Waals surface area contributed by atoms with Gasteiger partial charge in [0.1, 0.15) is 0 Å². The summed E-state index contributed by atoms with van der Waals surface area (Å²) >= 11 is 0. The van der Waals surface area contributed by atoms with Crippen molar-refractivity contribution >= 4 is 15.9 Å². The van der Waals surface area contributed by atoms with Crippen LogP contribution in [0.4, 0.5) is 0 Å². The Morgan fingerprint density at radius 1 is 1.17 bits per heavy atom. The molecule has 2 bridgehead atoms. The van der Waals surface area contributed by atoms with Gasteiger partial charge in [-0.25, -0.2) is 8.42 Å². The summed E-state index contributed by atoms with van der Waals surface area (Å²) in [5.41, 5.74) is 0.545. The van der Waals surface area contributed by atoms with Gasteiger partial charge in [0, 0.05) is 36.2 Å². The number of nitrogens with one attached hydrogen (secondary N) is 2. The molecule has 2 aromatic carbocycles. The number of piperidine rings is 1. The molecule has 1 spiro atoms. The molecule has 9 nitrogen and oxygen atoms in total. The molecule has 218 valence electrons. The molecule has 0 aromatic heterocycles. The fourth-order valence-electron chi connectivity index (χ4n) is 7.78. The maximum Gasteiger partial charge on any atom is 0.261 e. The number of phenolic OH excluding ortho intramolecular Hbond substituents is 1. The van der Waals surface area contributed by atoms with E-state index in [0.717, 1.165) is 23.2 Å². The Morgan fingerprint density at radius 2 is 1.90 bits per heavy atom. The Labute approximate surface area is 240 Å². The van der Waals surface area contributed by atoms with Gasteiger partial charge in [0.05, 0.1) is 21.6 Å². The van der Waals surface area contributed by atoms with Crippen LogP contribution < -0.4 is 14.8 Å². The van der Waals surface area contributed by atoms with Crippen LogP contribution in [0.3, 0.4) is 0 Å². The van der Waals surface area contributed by atoms with Gasteiger partial charge in [0.25, 0.3) is 10.0 Å². The zero-order chi connectivity index (χ0) is 28.9. The first-order chi connectivity index (χ1) is 19.4. The highest BCUT2D eigenvalue weighted by atomic mass is 32.2. The number of carbonyl (C=O) groups is 1. The molecule has 0 unspecified atom stereocenters. The first-order valence-electron chi connectivity index (χ1n) is 14.6. The normalized spacial score (nSPS) is 30.2. The number of benzene rings is 2. The van der Waals surface area contributed by atoms with Gasteiger partial charge in [-0.3, -0.25) is 14.4 Å². The Bertz CT molecular complexity index is 1580. The summed E-state index contributed by atoms with van der Waals surface area (Å²) in [4.78, 5) is 16.2. The molecule has 2 aromatic rings. The molecule has 0 radical (unpaired) electrons. The standard InChI is InChI=1S/C31H37N3O6S/c1-17(2)32-29(36)22-15-31(37)24-14-20-8-11-23(35)27-25(20)30(31,12-13-34(24)16-19-6-7-19)28(40-27)26(22)33-41(38,39)21-9-4-18(3)5-10-21/h4-5,8-11,17,19,24,28,33,35,37H,6-7,12-16H2,1-3H3,(H,32,36)/t24-,28+,30+,31-/m1/s1. The lowest BCUT2D eigenvalue weighted by Gasteiger charge is -2.63. The van der Waals surface area contributed by atoms with Crippen molar-refractivity contribution in [3.05, 3.63) is 64.4 Å². The molecule has 5 aliphatic rings. The van der Waals surface area contributed by atoms with Crippen LogP contribution in [-0.2, 0) is 26.7 Å². The van der Waals surface area contributed by atoms with E-state index in [0.29, 0.717) is 25.3 Å². The highest BCUT2D eigenvalue weighted by molar-refractivity contribution is 7.89. The molecule has 4 N–H and O–H groups in total. The summed E-state index contributed by atoms with van der Waals surface area (Å²) in [6.07, 6.45) is 2.41.